The molecule has 4 rings (SSSR count). The van der Waals surface area contributed by atoms with E-state index in [0.717, 1.165) is 51.4 Å². The maximum atomic E-state index is 13.8. The van der Waals surface area contributed by atoms with Gasteiger partial charge in [-0.05, 0) is 61.1 Å². The van der Waals surface area contributed by atoms with Crippen LogP contribution in [0.4, 0.5) is 11.4 Å². The Morgan fingerprint density at radius 1 is 0.667 bits per heavy atom. The second-order valence-electron chi connectivity index (χ2n) is 9.06. The summed E-state index contributed by atoms with van der Waals surface area (Å²) in [4.78, 5) is -0.0234. The van der Waals surface area contributed by atoms with Crippen LogP contribution >= 0.6 is 46.4 Å². The van der Waals surface area contributed by atoms with Gasteiger partial charge in [0, 0.05) is 32.6 Å². The largest absolute Gasteiger partial charge is 0.397 e. The van der Waals surface area contributed by atoms with E-state index in [1.165, 1.54) is 12.1 Å². The minimum atomic E-state index is -4.04. The summed E-state index contributed by atoms with van der Waals surface area (Å²) in [5, 5.41) is 0.577. The number of halogens is 4. The van der Waals surface area contributed by atoms with Crippen molar-refractivity contribution in [2.75, 3.05) is 11.5 Å². The maximum Gasteiger partial charge on any atom is 0.210 e. The van der Waals surface area contributed by atoms with E-state index in [-0.39, 0.29) is 43.8 Å². The third-order valence-electron chi connectivity index (χ3n) is 7.07. The maximum absolute atomic E-state index is 13.8. The SMILES string of the molecule is Nc1c(S(=O)(=O)c2ccc(Cl)c(C3CCCCC3Cl)c2N)ccc(Cl)c1C1CCCCC1Cl. The summed E-state index contributed by atoms with van der Waals surface area (Å²) in [5.41, 5.74) is 14.5. The number of anilines is 2. The van der Waals surface area contributed by atoms with Crippen LogP contribution in [-0.4, -0.2) is 19.2 Å². The van der Waals surface area contributed by atoms with Crippen molar-refractivity contribution in [1.29, 1.82) is 0 Å². The predicted molar refractivity (Wildman–Crippen MR) is 139 cm³/mol. The van der Waals surface area contributed by atoms with Crippen LogP contribution in [0, 0.1) is 0 Å². The second kappa shape index (κ2) is 10.0. The molecule has 0 aromatic heterocycles. The fourth-order valence-corrected chi connectivity index (χ4v) is 8.29. The van der Waals surface area contributed by atoms with E-state index >= 15 is 0 Å². The Hall–Kier alpha value is -0.850. The molecule has 0 spiro atoms. The highest BCUT2D eigenvalue weighted by atomic mass is 35.5. The molecule has 0 amide bonds. The standard InChI is InChI=1S/C24H28Cl4N2O2S/c25-15-7-3-1-5-13(15)21-17(27)9-11-19(23(21)29)33(31,32)20-12-10-18(28)22(24(20)30)14-6-2-4-8-16(14)26/h9-16H,1-8,29-30H2. The molecule has 180 valence electrons. The van der Waals surface area contributed by atoms with Gasteiger partial charge in [0.2, 0.25) is 9.84 Å². The van der Waals surface area contributed by atoms with Crippen LogP contribution in [0.2, 0.25) is 10.0 Å². The minimum Gasteiger partial charge on any atom is -0.397 e. The van der Waals surface area contributed by atoms with Gasteiger partial charge < -0.3 is 11.5 Å². The second-order valence-corrected chi connectivity index (χ2v) is 12.9. The van der Waals surface area contributed by atoms with Crippen molar-refractivity contribution in [3.05, 3.63) is 45.4 Å². The zero-order valence-electron chi connectivity index (χ0n) is 18.2. The van der Waals surface area contributed by atoms with Crippen LogP contribution in [0.1, 0.15) is 74.3 Å². The van der Waals surface area contributed by atoms with Crippen LogP contribution in [-0.2, 0) is 9.84 Å². The Bertz CT molecular complexity index is 1070. The van der Waals surface area contributed by atoms with Crippen LogP contribution < -0.4 is 11.5 Å². The number of sulfone groups is 1. The van der Waals surface area contributed by atoms with Crippen LogP contribution in [0.5, 0.6) is 0 Å². The number of nitrogens with two attached hydrogens (primary N) is 2. The summed E-state index contributed by atoms with van der Waals surface area (Å²) in [5.74, 6) is -0.194. The van der Waals surface area contributed by atoms with Gasteiger partial charge in [-0.3, -0.25) is 0 Å². The zero-order chi connectivity index (χ0) is 23.9. The number of rotatable bonds is 4. The fraction of sp³-hybridized carbons (Fsp3) is 0.500. The molecular weight excluding hydrogens is 522 g/mol. The van der Waals surface area contributed by atoms with E-state index < -0.39 is 9.84 Å². The van der Waals surface area contributed by atoms with Gasteiger partial charge in [0.15, 0.2) is 0 Å². The first-order valence-corrected chi connectivity index (χ1v) is 14.4. The summed E-state index contributed by atoms with van der Waals surface area (Å²) >= 11 is 26.2. The highest BCUT2D eigenvalue weighted by Crippen LogP contribution is 2.47. The van der Waals surface area contributed by atoms with Gasteiger partial charge in [-0.1, -0.05) is 48.9 Å². The molecule has 0 saturated heterocycles. The summed E-state index contributed by atoms with van der Waals surface area (Å²) < 4.78 is 27.6. The highest BCUT2D eigenvalue weighted by molar-refractivity contribution is 7.91. The van der Waals surface area contributed by atoms with Gasteiger partial charge in [-0.2, -0.15) is 0 Å². The summed E-state index contributed by atoms with van der Waals surface area (Å²) in [6.07, 6.45) is 7.37. The molecule has 2 aliphatic rings. The number of hydrogen-bond donors (Lipinski definition) is 2. The fourth-order valence-electron chi connectivity index (χ4n) is 5.34. The Kier molecular flexibility index (Phi) is 7.67. The molecule has 2 aliphatic carbocycles. The lowest BCUT2D eigenvalue weighted by Gasteiger charge is -2.30. The molecule has 9 heteroatoms. The summed E-state index contributed by atoms with van der Waals surface area (Å²) in [6, 6.07) is 6.06. The van der Waals surface area contributed by atoms with Gasteiger partial charge in [-0.25, -0.2) is 8.42 Å². The molecule has 2 fully saturated rings. The first-order chi connectivity index (χ1) is 15.6. The lowest BCUT2D eigenvalue weighted by Crippen LogP contribution is -2.22. The van der Waals surface area contributed by atoms with E-state index in [1.807, 2.05) is 0 Å². The van der Waals surface area contributed by atoms with E-state index in [0.29, 0.717) is 21.2 Å². The van der Waals surface area contributed by atoms with E-state index in [1.54, 1.807) is 12.1 Å². The number of hydrogen-bond acceptors (Lipinski definition) is 4. The Morgan fingerprint density at radius 3 is 1.39 bits per heavy atom. The first kappa shape index (κ1) is 25.2. The van der Waals surface area contributed by atoms with Crippen molar-refractivity contribution in [1.82, 2.24) is 0 Å². The Labute approximate surface area is 215 Å². The molecule has 4 unspecified atom stereocenters. The minimum absolute atomic E-state index is 0.0117. The Balaban J connectivity index is 1.83. The zero-order valence-corrected chi connectivity index (χ0v) is 22.0. The third kappa shape index (κ3) is 4.69. The van der Waals surface area contributed by atoms with Crippen LogP contribution in [0.15, 0.2) is 34.1 Å². The van der Waals surface area contributed by atoms with Crippen LogP contribution in [0.25, 0.3) is 0 Å². The van der Waals surface area contributed by atoms with E-state index in [2.05, 4.69) is 0 Å². The molecule has 0 radical (unpaired) electrons. The monoisotopic (exact) mass is 548 g/mol. The number of benzene rings is 2. The van der Waals surface area contributed by atoms with Crippen molar-refractivity contribution < 1.29 is 8.42 Å². The topological polar surface area (TPSA) is 86.2 Å². The van der Waals surface area contributed by atoms with Crippen molar-refractivity contribution >= 4 is 67.6 Å². The average molecular weight is 550 g/mol. The molecule has 2 aromatic carbocycles. The molecule has 0 aliphatic heterocycles. The van der Waals surface area contributed by atoms with Gasteiger partial charge in [-0.15, -0.1) is 23.2 Å². The average Bonchev–Trinajstić information content (AvgIpc) is 2.76. The highest BCUT2D eigenvalue weighted by Gasteiger charge is 2.34. The molecule has 0 heterocycles. The molecule has 4 N–H and O–H groups in total. The Morgan fingerprint density at radius 2 is 1.03 bits per heavy atom. The van der Waals surface area contributed by atoms with Crippen molar-refractivity contribution in [3.63, 3.8) is 0 Å². The van der Waals surface area contributed by atoms with Gasteiger partial charge in [0.05, 0.1) is 21.2 Å². The predicted octanol–water partition coefficient (Wildman–Crippen LogP) is 7.52. The molecule has 4 atom stereocenters. The summed E-state index contributed by atoms with van der Waals surface area (Å²) in [7, 11) is -4.04. The molecule has 4 nitrogen and oxygen atoms in total. The quantitative estimate of drug-likeness (QED) is 0.305. The molecule has 33 heavy (non-hydrogen) atoms. The van der Waals surface area contributed by atoms with E-state index in [9.17, 15) is 8.42 Å². The van der Waals surface area contributed by atoms with Gasteiger partial charge in [0.25, 0.3) is 0 Å². The molecule has 2 saturated carbocycles. The van der Waals surface area contributed by atoms with Crippen molar-refractivity contribution in [2.24, 2.45) is 0 Å². The molecular formula is C24H28Cl4N2O2S. The smallest absolute Gasteiger partial charge is 0.210 e. The lowest BCUT2D eigenvalue weighted by atomic mass is 9.83. The number of nitrogen functional groups attached to an aromatic ring is 2. The van der Waals surface area contributed by atoms with E-state index in [4.69, 9.17) is 57.9 Å². The summed E-state index contributed by atoms with van der Waals surface area (Å²) in [6.45, 7) is 0. The number of alkyl halides is 2. The van der Waals surface area contributed by atoms with Crippen molar-refractivity contribution in [3.8, 4) is 0 Å². The normalized spacial score (nSPS) is 26.3. The molecule has 2 aromatic rings. The van der Waals surface area contributed by atoms with Crippen LogP contribution in [0.3, 0.4) is 0 Å². The van der Waals surface area contributed by atoms with Gasteiger partial charge in [0.1, 0.15) is 0 Å². The van der Waals surface area contributed by atoms with Crippen molar-refractivity contribution in [2.45, 2.75) is 83.7 Å². The van der Waals surface area contributed by atoms with Gasteiger partial charge >= 0.3 is 0 Å². The third-order valence-corrected chi connectivity index (χ3v) is 10.6. The first-order valence-electron chi connectivity index (χ1n) is 11.3. The lowest BCUT2D eigenvalue weighted by molar-refractivity contribution is 0.451. The molecule has 0 bridgehead atoms.